The van der Waals surface area contributed by atoms with Crippen LogP contribution in [0.2, 0.25) is 0 Å². The van der Waals surface area contributed by atoms with Crippen molar-refractivity contribution in [1.29, 1.82) is 0 Å². The van der Waals surface area contributed by atoms with Crippen LogP contribution in [-0.2, 0) is 4.74 Å². The Morgan fingerprint density at radius 2 is 1.96 bits per heavy atom. The molecule has 6 heteroatoms. The third kappa shape index (κ3) is 4.46. The third-order valence-electron chi connectivity index (χ3n) is 5.67. The van der Waals surface area contributed by atoms with Gasteiger partial charge in [-0.25, -0.2) is 9.97 Å². The molecular formula is C21H28N4O2. The molecule has 1 saturated heterocycles. The number of benzene rings is 1. The number of nitrogens with one attached hydrogen (secondary N) is 1. The van der Waals surface area contributed by atoms with Crippen LogP contribution < -0.4 is 5.32 Å². The monoisotopic (exact) mass is 368 g/mol. The van der Waals surface area contributed by atoms with Gasteiger partial charge in [-0.2, -0.15) is 0 Å². The summed E-state index contributed by atoms with van der Waals surface area (Å²) in [7, 11) is 0. The van der Waals surface area contributed by atoms with Crippen LogP contribution in [0, 0.1) is 0 Å². The lowest BCUT2D eigenvalue weighted by Crippen LogP contribution is -2.46. The van der Waals surface area contributed by atoms with Crippen molar-refractivity contribution in [3.63, 3.8) is 0 Å². The minimum atomic E-state index is 0.0425. The first kappa shape index (κ1) is 18.3. The van der Waals surface area contributed by atoms with Crippen LogP contribution in [0.5, 0.6) is 0 Å². The van der Waals surface area contributed by atoms with E-state index in [9.17, 15) is 0 Å². The van der Waals surface area contributed by atoms with E-state index in [2.05, 4.69) is 26.3 Å². The molecule has 144 valence electrons. The van der Waals surface area contributed by atoms with Gasteiger partial charge in [-0.05, 0) is 43.4 Å². The van der Waals surface area contributed by atoms with E-state index in [1.54, 1.807) is 12.4 Å². The Hall–Kier alpha value is -2.02. The summed E-state index contributed by atoms with van der Waals surface area (Å²) in [4.78, 5) is 11.5. The van der Waals surface area contributed by atoms with E-state index < -0.39 is 0 Å². The van der Waals surface area contributed by atoms with Gasteiger partial charge in [0.05, 0.1) is 25.3 Å². The van der Waals surface area contributed by atoms with Crippen molar-refractivity contribution < 1.29 is 9.84 Å². The molecule has 0 amide bonds. The SMILES string of the molecule is OC/C=C/c1ccc2ncnc(NC3CCC(N4CCOCC4)CC3)c2c1. The smallest absolute Gasteiger partial charge is 0.137 e. The second-order valence-electron chi connectivity index (χ2n) is 7.38. The molecule has 2 N–H and O–H groups in total. The highest BCUT2D eigenvalue weighted by Crippen LogP contribution is 2.28. The first-order valence-corrected chi connectivity index (χ1v) is 9.94. The van der Waals surface area contributed by atoms with E-state index in [4.69, 9.17) is 9.84 Å². The van der Waals surface area contributed by atoms with Crippen LogP contribution in [-0.4, -0.2) is 65.0 Å². The quantitative estimate of drug-likeness (QED) is 0.846. The molecule has 2 heterocycles. The van der Waals surface area contributed by atoms with Gasteiger partial charge in [-0.1, -0.05) is 18.2 Å². The number of aliphatic hydroxyl groups is 1. The van der Waals surface area contributed by atoms with Crippen LogP contribution in [0.3, 0.4) is 0 Å². The maximum Gasteiger partial charge on any atom is 0.137 e. The molecule has 1 saturated carbocycles. The lowest BCUT2D eigenvalue weighted by atomic mass is 9.90. The van der Waals surface area contributed by atoms with Crippen LogP contribution in [0.1, 0.15) is 31.2 Å². The van der Waals surface area contributed by atoms with E-state index >= 15 is 0 Å². The number of ether oxygens (including phenoxy) is 1. The number of morpholine rings is 1. The Labute approximate surface area is 160 Å². The maximum absolute atomic E-state index is 8.99. The van der Waals surface area contributed by atoms with Gasteiger partial charge in [-0.3, -0.25) is 4.90 Å². The molecule has 4 rings (SSSR count). The average Bonchev–Trinajstić information content (AvgIpc) is 2.74. The first-order valence-electron chi connectivity index (χ1n) is 9.94. The fourth-order valence-corrected chi connectivity index (χ4v) is 4.20. The lowest BCUT2D eigenvalue weighted by Gasteiger charge is -2.39. The van der Waals surface area contributed by atoms with Gasteiger partial charge in [0.15, 0.2) is 0 Å². The van der Waals surface area contributed by atoms with Gasteiger partial charge in [0.1, 0.15) is 12.1 Å². The van der Waals surface area contributed by atoms with Crippen molar-refractivity contribution in [2.45, 2.75) is 37.8 Å². The molecule has 0 unspecified atom stereocenters. The first-order chi connectivity index (χ1) is 13.3. The molecule has 1 aliphatic heterocycles. The van der Waals surface area contributed by atoms with Crippen LogP contribution in [0.25, 0.3) is 17.0 Å². The molecule has 2 aromatic rings. The van der Waals surface area contributed by atoms with Gasteiger partial charge in [-0.15, -0.1) is 0 Å². The minimum absolute atomic E-state index is 0.0425. The second kappa shape index (κ2) is 8.78. The van der Waals surface area contributed by atoms with Crippen molar-refractivity contribution in [2.75, 3.05) is 38.2 Å². The summed E-state index contributed by atoms with van der Waals surface area (Å²) >= 11 is 0. The molecule has 2 fully saturated rings. The standard InChI is InChI=1S/C21H28N4O2/c26-11-1-2-16-3-8-20-19(14-16)21(23-15-22-20)24-17-4-6-18(7-5-17)25-9-12-27-13-10-25/h1-3,8,14-15,17-18,26H,4-7,9-13H2,(H,22,23,24)/b2-1+. The number of aliphatic hydroxyl groups excluding tert-OH is 1. The average molecular weight is 368 g/mol. The number of nitrogens with zero attached hydrogens (tertiary/aromatic N) is 3. The zero-order chi connectivity index (χ0) is 18.5. The highest BCUT2D eigenvalue weighted by Gasteiger charge is 2.27. The van der Waals surface area contributed by atoms with Crippen LogP contribution in [0.4, 0.5) is 5.82 Å². The van der Waals surface area contributed by atoms with E-state index in [0.717, 1.165) is 61.4 Å². The molecule has 6 nitrogen and oxygen atoms in total. The van der Waals surface area contributed by atoms with E-state index in [0.29, 0.717) is 12.1 Å². The molecule has 0 spiro atoms. The maximum atomic E-state index is 8.99. The van der Waals surface area contributed by atoms with Crippen molar-refractivity contribution in [1.82, 2.24) is 14.9 Å². The van der Waals surface area contributed by atoms with Crippen molar-refractivity contribution in [2.24, 2.45) is 0 Å². The highest BCUT2D eigenvalue weighted by atomic mass is 16.5. The molecule has 0 bridgehead atoms. The lowest BCUT2D eigenvalue weighted by molar-refractivity contribution is 0.00791. The van der Waals surface area contributed by atoms with Gasteiger partial charge >= 0.3 is 0 Å². The Morgan fingerprint density at radius 1 is 1.15 bits per heavy atom. The normalized spacial score (nSPS) is 24.5. The van der Waals surface area contributed by atoms with Crippen molar-refractivity contribution >= 4 is 22.8 Å². The Balaban J connectivity index is 1.43. The summed E-state index contributed by atoms with van der Waals surface area (Å²) < 4.78 is 5.48. The number of hydrogen-bond donors (Lipinski definition) is 2. The summed E-state index contributed by atoms with van der Waals surface area (Å²) in [6, 6.07) is 7.26. The Kier molecular flexibility index (Phi) is 5.97. The molecule has 1 aromatic heterocycles. The Morgan fingerprint density at radius 3 is 2.74 bits per heavy atom. The molecule has 1 aliphatic carbocycles. The molecule has 27 heavy (non-hydrogen) atoms. The summed E-state index contributed by atoms with van der Waals surface area (Å²) in [5, 5.41) is 13.7. The predicted octanol–water partition coefficient (Wildman–Crippen LogP) is 2.69. The van der Waals surface area contributed by atoms with E-state index in [-0.39, 0.29) is 6.61 Å². The third-order valence-corrected chi connectivity index (χ3v) is 5.67. The molecule has 0 atom stereocenters. The second-order valence-corrected chi connectivity index (χ2v) is 7.38. The summed E-state index contributed by atoms with van der Waals surface area (Å²) in [6.07, 6.45) is 10.1. The molecular weight excluding hydrogens is 340 g/mol. The van der Waals surface area contributed by atoms with E-state index in [1.807, 2.05) is 18.2 Å². The van der Waals surface area contributed by atoms with E-state index in [1.165, 1.54) is 12.8 Å². The topological polar surface area (TPSA) is 70.5 Å². The zero-order valence-electron chi connectivity index (χ0n) is 15.7. The molecule has 1 aromatic carbocycles. The predicted molar refractivity (Wildman–Crippen MR) is 108 cm³/mol. The van der Waals surface area contributed by atoms with Gasteiger partial charge in [0.25, 0.3) is 0 Å². The van der Waals surface area contributed by atoms with Crippen molar-refractivity contribution in [3.8, 4) is 0 Å². The fraction of sp³-hybridized carbons (Fsp3) is 0.524. The number of aromatic nitrogens is 2. The number of fused-ring (bicyclic) bond motifs is 1. The fourth-order valence-electron chi connectivity index (χ4n) is 4.20. The van der Waals surface area contributed by atoms with Gasteiger partial charge in [0, 0.05) is 30.6 Å². The molecule has 0 radical (unpaired) electrons. The van der Waals surface area contributed by atoms with Crippen LogP contribution >= 0.6 is 0 Å². The minimum Gasteiger partial charge on any atom is -0.392 e. The summed E-state index contributed by atoms with van der Waals surface area (Å²) in [5.74, 6) is 0.911. The van der Waals surface area contributed by atoms with Crippen molar-refractivity contribution in [3.05, 3.63) is 36.2 Å². The number of rotatable bonds is 5. The zero-order valence-corrected chi connectivity index (χ0v) is 15.7. The van der Waals surface area contributed by atoms with Crippen LogP contribution in [0.15, 0.2) is 30.6 Å². The van der Waals surface area contributed by atoms with Gasteiger partial charge in [0.2, 0.25) is 0 Å². The number of hydrogen-bond acceptors (Lipinski definition) is 6. The summed E-state index contributed by atoms with van der Waals surface area (Å²) in [5.41, 5.74) is 1.99. The highest BCUT2D eigenvalue weighted by molar-refractivity contribution is 5.90. The number of anilines is 1. The molecule has 2 aliphatic rings. The summed E-state index contributed by atoms with van der Waals surface area (Å²) in [6.45, 7) is 3.93. The largest absolute Gasteiger partial charge is 0.392 e. The van der Waals surface area contributed by atoms with Gasteiger partial charge < -0.3 is 15.2 Å². The Bertz CT molecular complexity index is 781.